The molecule has 1 fully saturated rings. The van der Waals surface area contributed by atoms with Gasteiger partial charge in [0.1, 0.15) is 42.9 Å². The third-order valence-corrected chi connectivity index (χ3v) is 8.43. The highest BCUT2D eigenvalue weighted by molar-refractivity contribution is 7.15. The number of thiazole rings is 1. The summed E-state index contributed by atoms with van der Waals surface area (Å²) in [5.74, 6) is 0.789. The number of hydrogen-bond donors (Lipinski definition) is 3. The number of furan rings is 1. The zero-order chi connectivity index (χ0) is 30.7. The van der Waals surface area contributed by atoms with E-state index in [1.165, 1.54) is 44.8 Å². The highest BCUT2D eigenvalue weighted by Crippen LogP contribution is 2.39. The predicted molar refractivity (Wildman–Crippen MR) is 156 cm³/mol. The molecule has 0 saturated carbocycles. The van der Waals surface area contributed by atoms with Crippen molar-refractivity contribution in [2.45, 2.75) is 36.9 Å². The van der Waals surface area contributed by atoms with E-state index >= 15 is 0 Å². The van der Waals surface area contributed by atoms with Crippen molar-refractivity contribution in [3.63, 3.8) is 0 Å². The normalized spacial score (nSPS) is 21.8. The zero-order valence-electron chi connectivity index (χ0n) is 23.4. The molecule has 3 heterocycles. The van der Waals surface area contributed by atoms with Gasteiger partial charge in [-0.05, 0) is 41.5 Å². The van der Waals surface area contributed by atoms with Gasteiger partial charge in [-0.25, -0.2) is 9.78 Å². The Morgan fingerprint density at radius 1 is 1.00 bits per heavy atom. The third-order valence-electron chi connectivity index (χ3n) is 7.05. The number of carbonyl (C=O) groups is 1. The number of methoxy groups -OCH3 is 3. The van der Waals surface area contributed by atoms with Crippen molar-refractivity contribution in [1.29, 1.82) is 0 Å². The fourth-order valence-electron chi connectivity index (χ4n) is 4.80. The molecule has 0 amide bonds. The van der Waals surface area contributed by atoms with Gasteiger partial charge in [0.2, 0.25) is 5.75 Å². The van der Waals surface area contributed by atoms with Crippen LogP contribution in [-0.2, 0) is 15.9 Å². The van der Waals surface area contributed by atoms with Crippen LogP contribution < -0.4 is 14.2 Å². The van der Waals surface area contributed by atoms with E-state index < -0.39 is 43.1 Å². The lowest BCUT2D eigenvalue weighted by Gasteiger charge is -2.40. The van der Waals surface area contributed by atoms with E-state index in [0.29, 0.717) is 28.5 Å². The van der Waals surface area contributed by atoms with Crippen molar-refractivity contribution in [2.75, 3.05) is 27.9 Å². The van der Waals surface area contributed by atoms with Crippen molar-refractivity contribution < 1.29 is 48.2 Å². The number of nitrogens with zero attached hydrogens (tertiary/aromatic N) is 1. The summed E-state index contributed by atoms with van der Waals surface area (Å²) in [5.41, 5.74) is 1.35. The molecule has 228 valence electrons. The minimum Gasteiger partial charge on any atom is -0.493 e. The van der Waals surface area contributed by atoms with Gasteiger partial charge in [0, 0.05) is 17.6 Å². The minimum absolute atomic E-state index is 0.108. The molecular formula is C30H30ClNO10S. The maximum atomic E-state index is 12.9. The van der Waals surface area contributed by atoms with Crippen LogP contribution in [-0.4, -0.2) is 78.6 Å². The largest absolute Gasteiger partial charge is 0.493 e. The monoisotopic (exact) mass is 631 g/mol. The molecule has 4 aromatic rings. The van der Waals surface area contributed by atoms with Crippen LogP contribution in [0.25, 0.3) is 10.6 Å². The van der Waals surface area contributed by atoms with E-state index in [1.807, 2.05) is 6.07 Å². The third kappa shape index (κ3) is 6.49. The summed E-state index contributed by atoms with van der Waals surface area (Å²) >= 11 is 7.96. The Bertz CT molecular complexity index is 1530. The second-order valence-electron chi connectivity index (χ2n) is 9.70. The predicted octanol–water partition coefficient (Wildman–Crippen LogP) is 4.05. The van der Waals surface area contributed by atoms with Crippen molar-refractivity contribution in [1.82, 2.24) is 4.98 Å². The molecule has 0 bridgehead atoms. The summed E-state index contributed by atoms with van der Waals surface area (Å²) < 4.78 is 32.7. The summed E-state index contributed by atoms with van der Waals surface area (Å²) in [6.45, 7) is -0.411. The Morgan fingerprint density at radius 2 is 1.74 bits per heavy atom. The number of aliphatic hydroxyl groups is 3. The highest BCUT2D eigenvalue weighted by Gasteiger charge is 2.45. The van der Waals surface area contributed by atoms with Gasteiger partial charge in [0.05, 0.1) is 43.0 Å². The van der Waals surface area contributed by atoms with Crippen LogP contribution >= 0.6 is 22.9 Å². The van der Waals surface area contributed by atoms with E-state index in [-0.39, 0.29) is 17.1 Å². The van der Waals surface area contributed by atoms with E-state index in [1.54, 1.807) is 36.7 Å². The number of halogens is 1. The van der Waals surface area contributed by atoms with Crippen LogP contribution in [0.2, 0.25) is 5.02 Å². The van der Waals surface area contributed by atoms with E-state index in [9.17, 15) is 20.1 Å². The number of hydrogen-bond acceptors (Lipinski definition) is 12. The van der Waals surface area contributed by atoms with Crippen molar-refractivity contribution in [2.24, 2.45) is 0 Å². The average Bonchev–Trinajstić information content (AvgIpc) is 3.72. The maximum Gasteiger partial charge on any atom is 0.338 e. The Balaban J connectivity index is 1.31. The van der Waals surface area contributed by atoms with Crippen LogP contribution in [0.4, 0.5) is 0 Å². The highest BCUT2D eigenvalue weighted by atomic mass is 35.5. The molecule has 1 saturated heterocycles. The van der Waals surface area contributed by atoms with Crippen molar-refractivity contribution in [3.05, 3.63) is 81.6 Å². The number of aliphatic hydroxyl groups excluding tert-OH is 3. The maximum absolute atomic E-state index is 12.9. The number of aromatic nitrogens is 1. The molecule has 0 aliphatic carbocycles. The number of rotatable bonds is 10. The number of benzene rings is 2. The Hall–Kier alpha value is -3.65. The average molecular weight is 632 g/mol. The summed E-state index contributed by atoms with van der Waals surface area (Å²) in [7, 11) is 4.28. The van der Waals surface area contributed by atoms with E-state index in [0.717, 1.165) is 15.4 Å². The molecule has 13 heteroatoms. The van der Waals surface area contributed by atoms with Gasteiger partial charge >= 0.3 is 5.97 Å². The van der Waals surface area contributed by atoms with Crippen LogP contribution in [0, 0.1) is 0 Å². The van der Waals surface area contributed by atoms with Gasteiger partial charge in [0.25, 0.3) is 0 Å². The standard InChI is InChI=1S/C30H30ClNO10S/c1-37-20-10-17(11-21(38-2)29(20)39-3)30(36)41-14-22-25(33)26(34)27(35)28(42-22)15-6-7-18(31)16(9-15)12-24-32-13-23(43-24)19-5-4-8-40-19/h4-11,13,22,25-28,33-35H,12,14H2,1-3H3/t22-,25+,26-,27-,28+/m1/s1. The lowest BCUT2D eigenvalue weighted by atomic mass is 9.90. The molecule has 2 aromatic carbocycles. The second kappa shape index (κ2) is 13.3. The molecule has 5 rings (SSSR count). The number of esters is 1. The molecule has 43 heavy (non-hydrogen) atoms. The van der Waals surface area contributed by atoms with Gasteiger partial charge in [-0.2, -0.15) is 0 Å². The summed E-state index contributed by atoms with van der Waals surface area (Å²) in [5, 5.41) is 33.4. The van der Waals surface area contributed by atoms with Crippen molar-refractivity contribution in [3.8, 4) is 27.9 Å². The first-order valence-electron chi connectivity index (χ1n) is 13.2. The molecule has 0 spiro atoms. The molecule has 1 aliphatic heterocycles. The first kappa shape index (κ1) is 30.8. The van der Waals surface area contributed by atoms with Crippen LogP contribution in [0.15, 0.2) is 59.3 Å². The van der Waals surface area contributed by atoms with Gasteiger partial charge in [-0.15, -0.1) is 11.3 Å². The SMILES string of the molecule is COc1cc(C(=O)OC[C@H]2O[C@@H](c3ccc(Cl)c(Cc4ncc(-c5ccco5)s4)c3)[C@H](O)[C@H](O)[C@H]2O)cc(OC)c1OC. The molecule has 5 atom stereocenters. The Labute approximate surface area is 256 Å². The lowest BCUT2D eigenvalue weighted by molar-refractivity contribution is -0.231. The number of ether oxygens (including phenoxy) is 5. The Kier molecular flexibility index (Phi) is 9.55. The molecular weight excluding hydrogens is 602 g/mol. The molecule has 3 N–H and O–H groups in total. The van der Waals surface area contributed by atoms with Crippen LogP contribution in [0.5, 0.6) is 17.2 Å². The van der Waals surface area contributed by atoms with E-state index in [4.69, 9.17) is 39.7 Å². The Morgan fingerprint density at radius 3 is 2.40 bits per heavy atom. The smallest absolute Gasteiger partial charge is 0.338 e. The topological polar surface area (TPSA) is 150 Å². The lowest BCUT2D eigenvalue weighted by Crippen LogP contribution is -2.55. The summed E-state index contributed by atoms with van der Waals surface area (Å²) in [6, 6.07) is 11.6. The first-order chi connectivity index (χ1) is 20.7. The van der Waals surface area contributed by atoms with E-state index in [2.05, 4.69) is 4.98 Å². The molecule has 0 unspecified atom stereocenters. The molecule has 1 aliphatic rings. The quantitative estimate of drug-likeness (QED) is 0.218. The summed E-state index contributed by atoms with van der Waals surface area (Å²) in [4.78, 5) is 18.3. The first-order valence-corrected chi connectivity index (χ1v) is 14.4. The number of carbonyl (C=O) groups excluding carboxylic acids is 1. The van der Waals surface area contributed by atoms with Gasteiger partial charge in [-0.1, -0.05) is 23.7 Å². The zero-order valence-corrected chi connectivity index (χ0v) is 25.0. The van der Waals surface area contributed by atoms with Gasteiger partial charge in [-0.3, -0.25) is 0 Å². The van der Waals surface area contributed by atoms with Crippen molar-refractivity contribution >= 4 is 28.9 Å². The summed E-state index contributed by atoms with van der Waals surface area (Å²) in [6.07, 6.45) is -3.03. The second-order valence-corrected chi connectivity index (χ2v) is 11.2. The molecule has 11 nitrogen and oxygen atoms in total. The van der Waals surface area contributed by atoms with Gasteiger partial charge in [0.15, 0.2) is 11.5 Å². The molecule has 2 aromatic heterocycles. The fourth-order valence-corrected chi connectivity index (χ4v) is 5.89. The van der Waals surface area contributed by atoms with Gasteiger partial charge < -0.3 is 43.4 Å². The van der Waals surface area contributed by atoms with Crippen LogP contribution in [0.3, 0.4) is 0 Å². The fraction of sp³-hybridized carbons (Fsp3) is 0.333. The molecule has 0 radical (unpaired) electrons. The minimum atomic E-state index is -1.57. The van der Waals surface area contributed by atoms with Crippen LogP contribution in [0.1, 0.15) is 32.6 Å².